The van der Waals surface area contributed by atoms with Crippen LogP contribution in [0.2, 0.25) is 0 Å². The molecule has 5 nitrogen and oxygen atoms in total. The maximum absolute atomic E-state index is 9.35. The second-order valence-electron chi connectivity index (χ2n) is 4.16. The standard InChI is InChI=1S/C11H14N4O/c16-8-4-5-10-13-11(14-15(10)7-8)9-3-1-2-6-12-9/h4-5,7,9,12,16H,1-3,6H2. The van der Waals surface area contributed by atoms with Gasteiger partial charge in [-0.05, 0) is 31.5 Å². The number of hydrogen-bond donors (Lipinski definition) is 2. The lowest BCUT2D eigenvalue weighted by Crippen LogP contribution is -2.27. The molecule has 84 valence electrons. The molecule has 0 aliphatic carbocycles. The second kappa shape index (κ2) is 3.75. The van der Waals surface area contributed by atoms with Gasteiger partial charge in [0.1, 0.15) is 5.75 Å². The van der Waals surface area contributed by atoms with Crippen molar-refractivity contribution in [1.29, 1.82) is 0 Å². The van der Waals surface area contributed by atoms with Gasteiger partial charge in [-0.15, -0.1) is 5.10 Å². The lowest BCUT2D eigenvalue weighted by Gasteiger charge is -2.20. The Morgan fingerprint density at radius 1 is 1.38 bits per heavy atom. The van der Waals surface area contributed by atoms with Crippen molar-refractivity contribution in [3.63, 3.8) is 0 Å². The number of rotatable bonds is 1. The highest BCUT2D eigenvalue weighted by Crippen LogP contribution is 2.21. The Morgan fingerprint density at radius 3 is 3.12 bits per heavy atom. The molecule has 1 atom stereocenters. The minimum atomic E-state index is 0.209. The molecule has 2 aromatic heterocycles. The Hall–Kier alpha value is -1.62. The molecule has 0 amide bonds. The molecule has 0 spiro atoms. The zero-order valence-electron chi connectivity index (χ0n) is 8.93. The van der Waals surface area contributed by atoms with E-state index in [2.05, 4.69) is 15.4 Å². The average molecular weight is 218 g/mol. The van der Waals surface area contributed by atoms with Crippen LogP contribution in [0.3, 0.4) is 0 Å². The van der Waals surface area contributed by atoms with E-state index in [9.17, 15) is 5.11 Å². The van der Waals surface area contributed by atoms with Crippen molar-refractivity contribution in [3.8, 4) is 5.75 Å². The third-order valence-electron chi connectivity index (χ3n) is 2.95. The molecule has 1 unspecified atom stereocenters. The maximum Gasteiger partial charge on any atom is 0.168 e. The van der Waals surface area contributed by atoms with Crippen LogP contribution in [0, 0.1) is 0 Å². The molecule has 0 saturated carbocycles. The summed E-state index contributed by atoms with van der Waals surface area (Å²) >= 11 is 0. The maximum atomic E-state index is 9.35. The highest BCUT2D eigenvalue weighted by atomic mass is 16.3. The molecule has 0 aromatic carbocycles. The predicted molar refractivity (Wildman–Crippen MR) is 59.2 cm³/mol. The number of piperidine rings is 1. The van der Waals surface area contributed by atoms with Crippen molar-refractivity contribution in [2.24, 2.45) is 0 Å². The molecule has 1 fully saturated rings. The molecule has 3 rings (SSSR count). The van der Waals surface area contributed by atoms with Gasteiger partial charge in [-0.2, -0.15) is 0 Å². The number of nitrogens with zero attached hydrogens (tertiary/aromatic N) is 3. The van der Waals surface area contributed by atoms with E-state index in [0.29, 0.717) is 0 Å². The summed E-state index contributed by atoms with van der Waals surface area (Å²) in [6, 6.07) is 3.66. The van der Waals surface area contributed by atoms with Gasteiger partial charge in [-0.25, -0.2) is 9.50 Å². The average Bonchev–Trinajstić information content (AvgIpc) is 2.73. The molecule has 5 heteroatoms. The summed E-state index contributed by atoms with van der Waals surface area (Å²) in [7, 11) is 0. The van der Waals surface area contributed by atoms with Crippen LogP contribution in [0.1, 0.15) is 31.1 Å². The Balaban J connectivity index is 1.97. The first kappa shape index (κ1) is 9.59. The second-order valence-corrected chi connectivity index (χ2v) is 4.16. The topological polar surface area (TPSA) is 62.5 Å². The van der Waals surface area contributed by atoms with E-state index >= 15 is 0 Å². The Bertz CT molecular complexity index is 502. The fraction of sp³-hybridized carbons (Fsp3) is 0.455. The summed E-state index contributed by atoms with van der Waals surface area (Å²) < 4.78 is 1.63. The van der Waals surface area contributed by atoms with E-state index in [1.54, 1.807) is 22.8 Å². The molecule has 2 aromatic rings. The number of nitrogens with one attached hydrogen (secondary N) is 1. The zero-order chi connectivity index (χ0) is 11.0. The van der Waals surface area contributed by atoms with Crippen LogP contribution >= 0.6 is 0 Å². The highest BCUT2D eigenvalue weighted by molar-refractivity contribution is 5.40. The third-order valence-corrected chi connectivity index (χ3v) is 2.95. The number of aromatic hydroxyl groups is 1. The summed E-state index contributed by atoms with van der Waals surface area (Å²) in [5.74, 6) is 1.03. The van der Waals surface area contributed by atoms with Crippen LogP contribution in [0.5, 0.6) is 5.75 Å². The van der Waals surface area contributed by atoms with Gasteiger partial charge in [0.15, 0.2) is 11.5 Å². The summed E-state index contributed by atoms with van der Waals surface area (Å²) in [5, 5.41) is 17.1. The van der Waals surface area contributed by atoms with Crippen LogP contribution in [0.25, 0.3) is 5.65 Å². The molecular formula is C11H14N4O. The van der Waals surface area contributed by atoms with E-state index < -0.39 is 0 Å². The van der Waals surface area contributed by atoms with E-state index in [-0.39, 0.29) is 11.8 Å². The van der Waals surface area contributed by atoms with Crippen molar-refractivity contribution >= 4 is 5.65 Å². The minimum Gasteiger partial charge on any atom is -0.506 e. The van der Waals surface area contributed by atoms with Gasteiger partial charge in [0, 0.05) is 0 Å². The fourth-order valence-corrected chi connectivity index (χ4v) is 2.11. The van der Waals surface area contributed by atoms with Gasteiger partial charge < -0.3 is 10.4 Å². The lowest BCUT2D eigenvalue weighted by molar-refractivity contribution is 0.397. The summed E-state index contributed by atoms with van der Waals surface area (Å²) in [6.07, 6.45) is 5.11. The molecule has 0 radical (unpaired) electrons. The Labute approximate surface area is 93.1 Å². The predicted octanol–water partition coefficient (Wildman–Crippen LogP) is 1.25. The van der Waals surface area contributed by atoms with Gasteiger partial charge in [-0.3, -0.25) is 0 Å². The molecule has 0 bridgehead atoms. The molecular weight excluding hydrogens is 204 g/mol. The van der Waals surface area contributed by atoms with Gasteiger partial charge in [0.05, 0.1) is 12.2 Å². The van der Waals surface area contributed by atoms with Crippen molar-refractivity contribution in [3.05, 3.63) is 24.2 Å². The molecule has 1 aliphatic rings. The monoisotopic (exact) mass is 218 g/mol. The van der Waals surface area contributed by atoms with Crippen LogP contribution in [0.15, 0.2) is 18.3 Å². The number of aromatic nitrogens is 3. The number of hydrogen-bond acceptors (Lipinski definition) is 4. The first-order valence-electron chi connectivity index (χ1n) is 5.61. The SMILES string of the molecule is Oc1ccc2nc(C3CCCCN3)nn2c1. The first-order valence-corrected chi connectivity index (χ1v) is 5.61. The number of pyridine rings is 1. The summed E-state index contributed by atoms with van der Waals surface area (Å²) in [6.45, 7) is 1.03. The van der Waals surface area contributed by atoms with E-state index in [1.807, 2.05) is 0 Å². The zero-order valence-corrected chi connectivity index (χ0v) is 8.93. The smallest absolute Gasteiger partial charge is 0.168 e. The van der Waals surface area contributed by atoms with Crippen LogP contribution in [-0.4, -0.2) is 26.2 Å². The molecule has 1 saturated heterocycles. The third kappa shape index (κ3) is 1.63. The van der Waals surface area contributed by atoms with Crippen LogP contribution in [-0.2, 0) is 0 Å². The van der Waals surface area contributed by atoms with Crippen molar-refractivity contribution in [2.75, 3.05) is 6.54 Å². The van der Waals surface area contributed by atoms with Gasteiger partial charge in [0.25, 0.3) is 0 Å². The van der Waals surface area contributed by atoms with Crippen molar-refractivity contribution < 1.29 is 5.11 Å². The van der Waals surface area contributed by atoms with E-state index in [0.717, 1.165) is 24.4 Å². The van der Waals surface area contributed by atoms with E-state index in [1.165, 1.54) is 12.8 Å². The minimum absolute atomic E-state index is 0.209. The summed E-state index contributed by atoms with van der Waals surface area (Å²) in [4.78, 5) is 4.46. The Kier molecular flexibility index (Phi) is 2.25. The highest BCUT2D eigenvalue weighted by Gasteiger charge is 2.19. The first-order chi connectivity index (χ1) is 7.83. The molecule has 2 N–H and O–H groups in total. The van der Waals surface area contributed by atoms with Gasteiger partial charge in [0.2, 0.25) is 0 Å². The lowest BCUT2D eigenvalue weighted by atomic mass is 10.0. The van der Waals surface area contributed by atoms with Crippen LogP contribution < -0.4 is 5.32 Å². The van der Waals surface area contributed by atoms with Crippen molar-refractivity contribution in [2.45, 2.75) is 25.3 Å². The van der Waals surface area contributed by atoms with Crippen molar-refractivity contribution in [1.82, 2.24) is 19.9 Å². The Morgan fingerprint density at radius 2 is 2.31 bits per heavy atom. The molecule has 16 heavy (non-hydrogen) atoms. The summed E-state index contributed by atoms with van der Waals surface area (Å²) in [5.41, 5.74) is 0.778. The van der Waals surface area contributed by atoms with Gasteiger partial charge in [-0.1, -0.05) is 6.42 Å². The van der Waals surface area contributed by atoms with Crippen LogP contribution in [0.4, 0.5) is 0 Å². The largest absolute Gasteiger partial charge is 0.506 e. The quantitative estimate of drug-likeness (QED) is 0.756. The van der Waals surface area contributed by atoms with E-state index in [4.69, 9.17) is 0 Å². The normalized spacial score (nSPS) is 21.4. The van der Waals surface area contributed by atoms with Gasteiger partial charge >= 0.3 is 0 Å². The molecule has 1 aliphatic heterocycles. The fourth-order valence-electron chi connectivity index (χ4n) is 2.11. The molecule has 3 heterocycles. The number of fused-ring (bicyclic) bond motifs is 1.